The average molecular weight is 398 g/mol. The lowest BCUT2D eigenvalue weighted by molar-refractivity contribution is -0.121. The second kappa shape index (κ2) is 9.15. The highest BCUT2D eigenvalue weighted by Crippen LogP contribution is 2.21. The Balaban J connectivity index is 1.40. The summed E-state index contributed by atoms with van der Waals surface area (Å²) in [6, 6.07) is 20.6. The maximum atomic E-state index is 12.8. The number of rotatable bonds is 3. The van der Waals surface area contributed by atoms with Crippen molar-refractivity contribution in [2.24, 2.45) is 5.92 Å². The van der Waals surface area contributed by atoms with E-state index in [1.807, 2.05) is 54.6 Å². The largest absolute Gasteiger partial charge is 0.459 e. The molecule has 5 heteroatoms. The molecule has 150 valence electrons. The van der Waals surface area contributed by atoms with E-state index in [0.29, 0.717) is 24.5 Å². The molecule has 4 rings (SSSR count). The van der Waals surface area contributed by atoms with Crippen molar-refractivity contribution < 1.29 is 14.0 Å². The Hall–Kier alpha value is -3.78. The van der Waals surface area contributed by atoms with E-state index in [1.54, 1.807) is 17.0 Å². The zero-order valence-corrected chi connectivity index (χ0v) is 16.5. The van der Waals surface area contributed by atoms with Crippen LogP contribution in [0.4, 0.5) is 5.69 Å². The summed E-state index contributed by atoms with van der Waals surface area (Å²) in [6.07, 6.45) is 3.02. The Morgan fingerprint density at radius 3 is 2.57 bits per heavy atom. The first-order valence-corrected chi connectivity index (χ1v) is 10.00. The molecule has 1 aliphatic heterocycles. The Labute approximate surface area is 175 Å². The zero-order chi connectivity index (χ0) is 20.8. The summed E-state index contributed by atoms with van der Waals surface area (Å²) in [4.78, 5) is 27.0. The normalized spacial score (nSPS) is 15.7. The van der Waals surface area contributed by atoms with Gasteiger partial charge in [-0.15, -0.1) is 0 Å². The van der Waals surface area contributed by atoms with E-state index in [9.17, 15) is 9.59 Å². The van der Waals surface area contributed by atoms with E-state index >= 15 is 0 Å². The number of nitrogens with zero attached hydrogens (tertiary/aromatic N) is 1. The maximum Gasteiger partial charge on any atom is 0.289 e. The molecule has 1 atom stereocenters. The number of carbonyl (C=O) groups is 2. The van der Waals surface area contributed by atoms with Gasteiger partial charge in [0.25, 0.3) is 5.91 Å². The number of anilines is 1. The van der Waals surface area contributed by atoms with Gasteiger partial charge in [-0.25, -0.2) is 0 Å². The molecule has 2 aromatic carbocycles. The standard InChI is InChI=1S/C25H22N2O3/c28-24(21-10-5-15-27(18-21)25(29)23-12-6-16-30-23)26-22-11-4-9-20(17-22)14-13-19-7-2-1-3-8-19/h1-4,6-9,11-12,16-17,21H,5,10,15,18H2,(H,26,28). The molecule has 0 aliphatic carbocycles. The molecule has 1 aliphatic rings. The molecule has 3 aromatic rings. The van der Waals surface area contributed by atoms with Crippen molar-refractivity contribution in [3.63, 3.8) is 0 Å². The van der Waals surface area contributed by atoms with Crippen molar-refractivity contribution >= 4 is 17.5 Å². The van der Waals surface area contributed by atoms with Gasteiger partial charge in [-0.05, 0) is 55.3 Å². The van der Waals surface area contributed by atoms with Crippen molar-refractivity contribution in [1.82, 2.24) is 4.90 Å². The molecule has 5 nitrogen and oxygen atoms in total. The van der Waals surface area contributed by atoms with Crippen molar-refractivity contribution in [3.8, 4) is 11.8 Å². The minimum atomic E-state index is -0.253. The molecule has 0 saturated carbocycles. The van der Waals surface area contributed by atoms with Gasteiger partial charge in [0.1, 0.15) is 0 Å². The van der Waals surface area contributed by atoms with Crippen molar-refractivity contribution in [1.29, 1.82) is 0 Å². The van der Waals surface area contributed by atoms with Crippen LogP contribution in [-0.2, 0) is 4.79 Å². The molecule has 30 heavy (non-hydrogen) atoms. The highest BCUT2D eigenvalue weighted by Gasteiger charge is 2.29. The van der Waals surface area contributed by atoms with Crippen LogP contribution in [0.15, 0.2) is 77.4 Å². The average Bonchev–Trinajstić information content (AvgIpc) is 3.33. The fraction of sp³-hybridized carbons (Fsp3) is 0.200. The summed E-state index contributed by atoms with van der Waals surface area (Å²) >= 11 is 0. The van der Waals surface area contributed by atoms with Gasteiger partial charge >= 0.3 is 0 Å². The number of furan rings is 1. The number of benzene rings is 2. The Bertz CT molecular complexity index is 1080. The first kappa shape index (κ1) is 19.5. The molecule has 2 amide bonds. The van der Waals surface area contributed by atoms with Crippen LogP contribution in [0, 0.1) is 17.8 Å². The molecular formula is C25H22N2O3. The number of amides is 2. The van der Waals surface area contributed by atoms with Gasteiger partial charge in [0, 0.05) is 29.9 Å². The Kier molecular flexibility index (Phi) is 5.95. The van der Waals surface area contributed by atoms with Gasteiger partial charge in [-0.1, -0.05) is 36.1 Å². The van der Waals surface area contributed by atoms with Crippen LogP contribution in [0.25, 0.3) is 0 Å². The Morgan fingerprint density at radius 1 is 0.967 bits per heavy atom. The third-order valence-electron chi connectivity index (χ3n) is 5.07. The lowest BCUT2D eigenvalue weighted by atomic mass is 9.96. The molecule has 0 spiro atoms. The molecule has 0 bridgehead atoms. The molecule has 1 N–H and O–H groups in total. The van der Waals surface area contributed by atoms with E-state index < -0.39 is 0 Å². The zero-order valence-electron chi connectivity index (χ0n) is 16.5. The third kappa shape index (κ3) is 4.79. The van der Waals surface area contributed by atoms with Crippen LogP contribution in [-0.4, -0.2) is 29.8 Å². The van der Waals surface area contributed by atoms with Crippen LogP contribution in [0.1, 0.15) is 34.5 Å². The Morgan fingerprint density at radius 2 is 1.77 bits per heavy atom. The summed E-state index contributed by atoms with van der Waals surface area (Å²) in [5.41, 5.74) is 2.47. The quantitative estimate of drug-likeness (QED) is 0.674. The lowest BCUT2D eigenvalue weighted by Crippen LogP contribution is -2.43. The summed E-state index contributed by atoms with van der Waals surface area (Å²) in [5, 5.41) is 2.98. The molecular weight excluding hydrogens is 376 g/mol. The monoisotopic (exact) mass is 398 g/mol. The molecule has 2 heterocycles. The maximum absolute atomic E-state index is 12.8. The minimum Gasteiger partial charge on any atom is -0.459 e. The van der Waals surface area contributed by atoms with Crippen molar-refractivity contribution in [2.75, 3.05) is 18.4 Å². The first-order chi connectivity index (χ1) is 14.7. The van der Waals surface area contributed by atoms with E-state index in [2.05, 4.69) is 17.2 Å². The van der Waals surface area contributed by atoms with E-state index in [0.717, 1.165) is 24.0 Å². The van der Waals surface area contributed by atoms with E-state index in [4.69, 9.17) is 4.42 Å². The summed E-state index contributed by atoms with van der Waals surface area (Å²) in [5.74, 6) is 6.05. The summed E-state index contributed by atoms with van der Waals surface area (Å²) < 4.78 is 5.20. The van der Waals surface area contributed by atoms with Crippen LogP contribution >= 0.6 is 0 Å². The van der Waals surface area contributed by atoms with Crippen LogP contribution < -0.4 is 5.32 Å². The minimum absolute atomic E-state index is 0.0832. The van der Waals surface area contributed by atoms with Gasteiger partial charge in [0.2, 0.25) is 5.91 Å². The van der Waals surface area contributed by atoms with E-state index in [1.165, 1.54) is 6.26 Å². The second-order valence-corrected chi connectivity index (χ2v) is 7.25. The second-order valence-electron chi connectivity index (χ2n) is 7.25. The summed E-state index contributed by atoms with van der Waals surface area (Å²) in [6.45, 7) is 1.02. The topological polar surface area (TPSA) is 62.6 Å². The number of likely N-dealkylation sites (tertiary alicyclic amines) is 1. The molecule has 0 radical (unpaired) electrons. The van der Waals surface area contributed by atoms with Gasteiger partial charge in [0.05, 0.1) is 12.2 Å². The van der Waals surface area contributed by atoms with Crippen molar-refractivity contribution in [3.05, 3.63) is 89.9 Å². The predicted octanol–water partition coefficient (Wildman–Crippen LogP) is 4.17. The van der Waals surface area contributed by atoms with Crippen molar-refractivity contribution in [2.45, 2.75) is 12.8 Å². The predicted molar refractivity (Wildman–Crippen MR) is 115 cm³/mol. The fourth-order valence-electron chi connectivity index (χ4n) is 3.52. The van der Waals surface area contributed by atoms with Crippen LogP contribution in [0.5, 0.6) is 0 Å². The number of piperidine rings is 1. The summed E-state index contributed by atoms with van der Waals surface area (Å²) in [7, 11) is 0. The number of hydrogen-bond donors (Lipinski definition) is 1. The van der Waals surface area contributed by atoms with Gasteiger partial charge in [-0.3, -0.25) is 9.59 Å². The van der Waals surface area contributed by atoms with Gasteiger partial charge in [0.15, 0.2) is 5.76 Å². The fourth-order valence-corrected chi connectivity index (χ4v) is 3.52. The third-order valence-corrected chi connectivity index (χ3v) is 5.07. The highest BCUT2D eigenvalue weighted by atomic mass is 16.3. The molecule has 1 unspecified atom stereocenters. The SMILES string of the molecule is O=C(Nc1cccc(C#Cc2ccccc2)c1)C1CCCN(C(=O)c2ccco2)C1. The van der Waals surface area contributed by atoms with Gasteiger partial charge in [-0.2, -0.15) is 0 Å². The smallest absolute Gasteiger partial charge is 0.289 e. The molecule has 1 saturated heterocycles. The number of carbonyl (C=O) groups excluding carboxylic acids is 2. The van der Waals surface area contributed by atoms with Crippen LogP contribution in [0.3, 0.4) is 0 Å². The number of nitrogens with one attached hydrogen (secondary N) is 1. The van der Waals surface area contributed by atoms with Gasteiger partial charge < -0.3 is 14.6 Å². The van der Waals surface area contributed by atoms with Crippen LogP contribution in [0.2, 0.25) is 0 Å². The van der Waals surface area contributed by atoms with E-state index in [-0.39, 0.29) is 17.7 Å². The highest BCUT2D eigenvalue weighted by molar-refractivity contribution is 5.95. The molecule has 1 aromatic heterocycles. The lowest BCUT2D eigenvalue weighted by Gasteiger charge is -2.31. The molecule has 1 fully saturated rings. The number of hydrogen-bond acceptors (Lipinski definition) is 3. The first-order valence-electron chi connectivity index (χ1n) is 10.00.